The fraction of sp³-hybridized carbons (Fsp3) is 0.400. The van der Waals surface area contributed by atoms with Gasteiger partial charge in [0.15, 0.2) is 5.78 Å². The monoisotopic (exact) mass is 406 g/mol. The number of carbonyl (C=O) groups is 2. The number of benzene rings is 1. The lowest BCUT2D eigenvalue weighted by atomic mass is 10.0. The van der Waals surface area contributed by atoms with Crippen LogP contribution < -0.4 is 5.32 Å². The average molecular weight is 407 g/mol. The predicted molar refractivity (Wildman–Crippen MR) is 107 cm³/mol. The highest BCUT2D eigenvalue weighted by Crippen LogP contribution is 2.27. The SMILES string of the molecule is O=C(CCC(=O)c1cccs1)NCC(c1ccccc1Cl)N1CCOCC1. The smallest absolute Gasteiger partial charge is 0.220 e. The third kappa shape index (κ3) is 5.62. The van der Waals surface area contributed by atoms with Gasteiger partial charge in [-0.1, -0.05) is 35.9 Å². The van der Waals surface area contributed by atoms with Gasteiger partial charge in [-0.25, -0.2) is 0 Å². The first-order chi connectivity index (χ1) is 13.1. The van der Waals surface area contributed by atoms with Gasteiger partial charge >= 0.3 is 0 Å². The number of hydrogen-bond acceptors (Lipinski definition) is 5. The molecule has 1 aromatic carbocycles. The van der Waals surface area contributed by atoms with E-state index in [1.165, 1.54) is 11.3 Å². The molecule has 7 heteroatoms. The third-order valence-electron chi connectivity index (χ3n) is 4.62. The maximum absolute atomic E-state index is 12.3. The molecule has 27 heavy (non-hydrogen) atoms. The number of Topliss-reactive ketones (excluding diaryl/α,β-unsaturated/α-hetero) is 1. The van der Waals surface area contributed by atoms with Gasteiger partial charge in [-0.15, -0.1) is 11.3 Å². The van der Waals surface area contributed by atoms with Gasteiger partial charge in [0.25, 0.3) is 0 Å². The van der Waals surface area contributed by atoms with Crippen molar-refractivity contribution in [2.75, 3.05) is 32.8 Å². The van der Waals surface area contributed by atoms with E-state index in [1.807, 2.05) is 35.7 Å². The van der Waals surface area contributed by atoms with E-state index in [4.69, 9.17) is 16.3 Å². The minimum absolute atomic E-state index is 0.0102. The summed E-state index contributed by atoms with van der Waals surface area (Å²) < 4.78 is 5.44. The summed E-state index contributed by atoms with van der Waals surface area (Å²) in [6.07, 6.45) is 0.412. The molecule has 2 heterocycles. The minimum atomic E-state index is -0.120. The summed E-state index contributed by atoms with van der Waals surface area (Å²) in [5, 5.41) is 5.53. The fourth-order valence-corrected chi connectivity index (χ4v) is 4.11. The Morgan fingerprint density at radius 3 is 2.63 bits per heavy atom. The molecule has 0 spiro atoms. The second kappa shape index (κ2) is 9.99. The maximum Gasteiger partial charge on any atom is 0.220 e. The van der Waals surface area contributed by atoms with Crippen LogP contribution in [-0.4, -0.2) is 49.4 Å². The Bertz CT molecular complexity index is 760. The number of ketones is 1. The molecule has 0 bridgehead atoms. The molecule has 144 valence electrons. The van der Waals surface area contributed by atoms with Crippen LogP contribution in [0, 0.1) is 0 Å². The largest absolute Gasteiger partial charge is 0.379 e. The van der Waals surface area contributed by atoms with Crippen LogP contribution in [0.5, 0.6) is 0 Å². The lowest BCUT2D eigenvalue weighted by Crippen LogP contribution is -2.44. The van der Waals surface area contributed by atoms with E-state index < -0.39 is 0 Å². The van der Waals surface area contributed by atoms with Crippen molar-refractivity contribution in [3.05, 3.63) is 57.2 Å². The zero-order valence-electron chi connectivity index (χ0n) is 15.0. The van der Waals surface area contributed by atoms with Crippen molar-refractivity contribution in [2.24, 2.45) is 0 Å². The molecule has 3 rings (SSSR count). The van der Waals surface area contributed by atoms with Crippen LogP contribution in [0.2, 0.25) is 5.02 Å². The molecule has 0 saturated carbocycles. The summed E-state index contributed by atoms with van der Waals surface area (Å²) in [6, 6.07) is 11.3. The maximum atomic E-state index is 12.3. The van der Waals surface area contributed by atoms with Crippen molar-refractivity contribution in [2.45, 2.75) is 18.9 Å². The van der Waals surface area contributed by atoms with E-state index in [2.05, 4.69) is 10.2 Å². The Kier molecular flexibility index (Phi) is 7.41. The van der Waals surface area contributed by atoms with Crippen molar-refractivity contribution < 1.29 is 14.3 Å². The quantitative estimate of drug-likeness (QED) is 0.681. The number of nitrogens with one attached hydrogen (secondary N) is 1. The van der Waals surface area contributed by atoms with E-state index in [-0.39, 0.29) is 30.6 Å². The molecular weight excluding hydrogens is 384 g/mol. The van der Waals surface area contributed by atoms with Crippen molar-refractivity contribution in [3.63, 3.8) is 0 Å². The van der Waals surface area contributed by atoms with Crippen LogP contribution in [0.25, 0.3) is 0 Å². The van der Waals surface area contributed by atoms with Crippen molar-refractivity contribution in [1.29, 1.82) is 0 Å². The van der Waals surface area contributed by atoms with E-state index >= 15 is 0 Å². The highest BCUT2D eigenvalue weighted by atomic mass is 35.5. The molecule has 1 aromatic heterocycles. The summed E-state index contributed by atoms with van der Waals surface area (Å²) in [5.41, 5.74) is 0.996. The van der Waals surface area contributed by atoms with Gasteiger partial charge in [0.2, 0.25) is 5.91 Å². The van der Waals surface area contributed by atoms with Crippen LogP contribution in [0.1, 0.15) is 34.1 Å². The van der Waals surface area contributed by atoms with Gasteiger partial charge in [0.05, 0.1) is 24.1 Å². The zero-order chi connectivity index (χ0) is 19.1. The number of morpholine rings is 1. The molecule has 1 N–H and O–H groups in total. The first kappa shape index (κ1) is 20.0. The van der Waals surface area contributed by atoms with E-state index in [9.17, 15) is 9.59 Å². The summed E-state index contributed by atoms with van der Waals surface area (Å²) in [4.78, 5) is 27.3. The van der Waals surface area contributed by atoms with E-state index in [0.29, 0.717) is 29.7 Å². The molecule has 1 unspecified atom stereocenters. The second-order valence-corrected chi connectivity index (χ2v) is 7.75. The van der Waals surface area contributed by atoms with Gasteiger partial charge in [-0.2, -0.15) is 0 Å². The molecule has 1 fully saturated rings. The Labute approximate surface area is 168 Å². The Morgan fingerprint density at radius 1 is 1.15 bits per heavy atom. The van der Waals surface area contributed by atoms with Gasteiger partial charge < -0.3 is 10.1 Å². The predicted octanol–water partition coefficient (Wildman–Crippen LogP) is 3.55. The molecule has 0 radical (unpaired) electrons. The topological polar surface area (TPSA) is 58.6 Å². The summed E-state index contributed by atoms with van der Waals surface area (Å²) >= 11 is 7.80. The first-order valence-electron chi connectivity index (χ1n) is 9.05. The number of rotatable bonds is 8. The van der Waals surface area contributed by atoms with Gasteiger partial charge in [0, 0.05) is 37.5 Å². The molecular formula is C20H23ClN2O3S. The van der Waals surface area contributed by atoms with E-state index in [0.717, 1.165) is 18.7 Å². The molecule has 5 nitrogen and oxygen atoms in total. The average Bonchev–Trinajstić information content (AvgIpc) is 3.23. The number of amides is 1. The molecule has 1 aliphatic heterocycles. The molecule has 1 atom stereocenters. The number of ether oxygens (including phenoxy) is 1. The second-order valence-electron chi connectivity index (χ2n) is 6.39. The molecule has 1 aliphatic rings. The normalized spacial score (nSPS) is 16.0. The molecule has 2 aromatic rings. The van der Waals surface area contributed by atoms with Crippen molar-refractivity contribution >= 4 is 34.6 Å². The third-order valence-corrected chi connectivity index (χ3v) is 5.87. The highest BCUT2D eigenvalue weighted by Gasteiger charge is 2.25. The van der Waals surface area contributed by atoms with Crippen molar-refractivity contribution in [1.82, 2.24) is 10.2 Å². The summed E-state index contributed by atoms with van der Waals surface area (Å²) in [6.45, 7) is 3.38. The highest BCUT2D eigenvalue weighted by molar-refractivity contribution is 7.12. The molecule has 1 saturated heterocycles. The lowest BCUT2D eigenvalue weighted by Gasteiger charge is -2.35. The summed E-state index contributed by atoms with van der Waals surface area (Å²) in [5.74, 6) is -0.110. The zero-order valence-corrected chi connectivity index (χ0v) is 16.6. The van der Waals surface area contributed by atoms with Crippen LogP contribution in [0.15, 0.2) is 41.8 Å². The van der Waals surface area contributed by atoms with Gasteiger partial charge in [-0.3, -0.25) is 14.5 Å². The van der Waals surface area contributed by atoms with Gasteiger partial charge in [0.1, 0.15) is 0 Å². The first-order valence-corrected chi connectivity index (χ1v) is 10.3. The number of nitrogens with zero attached hydrogens (tertiary/aromatic N) is 1. The Hall–Kier alpha value is -1.73. The van der Waals surface area contributed by atoms with Gasteiger partial charge in [-0.05, 0) is 23.1 Å². The molecule has 0 aliphatic carbocycles. The Balaban J connectivity index is 1.58. The van der Waals surface area contributed by atoms with Crippen LogP contribution in [0.4, 0.5) is 0 Å². The van der Waals surface area contributed by atoms with E-state index in [1.54, 1.807) is 6.07 Å². The standard InChI is InChI=1S/C20H23ClN2O3S/c21-16-5-2-1-4-15(16)17(23-9-11-26-12-10-23)14-22-20(25)8-7-18(24)19-6-3-13-27-19/h1-6,13,17H,7-12,14H2,(H,22,25). The fourth-order valence-electron chi connectivity index (χ4n) is 3.16. The molecule has 1 amide bonds. The van der Waals surface area contributed by atoms with Crippen LogP contribution >= 0.6 is 22.9 Å². The van der Waals surface area contributed by atoms with Crippen LogP contribution in [0.3, 0.4) is 0 Å². The minimum Gasteiger partial charge on any atom is -0.379 e. The number of hydrogen-bond donors (Lipinski definition) is 1. The lowest BCUT2D eigenvalue weighted by molar-refractivity contribution is -0.121. The number of carbonyl (C=O) groups excluding carboxylic acids is 2. The van der Waals surface area contributed by atoms with Crippen LogP contribution in [-0.2, 0) is 9.53 Å². The summed E-state index contributed by atoms with van der Waals surface area (Å²) in [7, 11) is 0. The Morgan fingerprint density at radius 2 is 1.93 bits per heavy atom. The number of thiophene rings is 1. The number of halogens is 1. The van der Waals surface area contributed by atoms with Crippen molar-refractivity contribution in [3.8, 4) is 0 Å².